The van der Waals surface area contributed by atoms with Crippen molar-refractivity contribution in [1.29, 1.82) is 0 Å². The van der Waals surface area contributed by atoms with Crippen LogP contribution in [0.5, 0.6) is 0 Å². The van der Waals surface area contributed by atoms with Crippen molar-refractivity contribution >= 4 is 0 Å². The van der Waals surface area contributed by atoms with Crippen molar-refractivity contribution in [3.05, 3.63) is 10.4 Å². The van der Waals surface area contributed by atoms with Crippen LogP contribution in [-0.4, -0.2) is 53.5 Å². The molecule has 2 N–H and O–H groups in total. The number of β-amino-alcohol motifs (C(OH)–C–C–N with tert-alkyl or cyclic N) is 2. The van der Waals surface area contributed by atoms with Gasteiger partial charge in [0, 0.05) is 18.0 Å². The Morgan fingerprint density at radius 1 is 1.42 bits per heavy atom. The molecule has 0 spiro atoms. The largest absolute Gasteiger partial charge is 0.391 e. The van der Waals surface area contributed by atoms with Gasteiger partial charge >= 0.3 is 0 Å². The Balaban J connectivity index is 2.66. The van der Waals surface area contributed by atoms with Crippen molar-refractivity contribution in [2.75, 3.05) is 20.1 Å². The second-order valence-corrected chi connectivity index (χ2v) is 3.05. The molecule has 1 rings (SSSR count). The lowest BCUT2D eigenvalue weighted by atomic mass is 10.0. The summed E-state index contributed by atoms with van der Waals surface area (Å²) >= 11 is 0. The number of rotatable bonds is 1. The van der Waals surface area contributed by atoms with E-state index in [1.807, 2.05) is 0 Å². The Kier molecular flexibility index (Phi) is 2.88. The van der Waals surface area contributed by atoms with Gasteiger partial charge in [0.25, 0.3) is 0 Å². The highest BCUT2D eigenvalue weighted by Gasteiger charge is 2.32. The van der Waals surface area contributed by atoms with E-state index in [2.05, 4.69) is 10.0 Å². The molecular formula is C6H12N4O2. The first-order valence-corrected chi connectivity index (χ1v) is 3.74. The Bertz CT molecular complexity index is 192. The summed E-state index contributed by atoms with van der Waals surface area (Å²) in [5.74, 6) is 0. The first-order chi connectivity index (χ1) is 5.65. The monoisotopic (exact) mass is 172 g/mol. The van der Waals surface area contributed by atoms with Crippen LogP contribution in [-0.2, 0) is 0 Å². The molecule has 1 aliphatic rings. The molecule has 1 aliphatic heterocycles. The van der Waals surface area contributed by atoms with Crippen LogP contribution in [0.15, 0.2) is 5.11 Å². The van der Waals surface area contributed by atoms with Gasteiger partial charge in [-0.05, 0) is 12.6 Å². The lowest BCUT2D eigenvalue weighted by molar-refractivity contribution is -0.0169. The fourth-order valence-electron chi connectivity index (χ4n) is 1.40. The summed E-state index contributed by atoms with van der Waals surface area (Å²) in [5, 5.41) is 22.1. The zero-order chi connectivity index (χ0) is 9.14. The predicted molar refractivity (Wildman–Crippen MR) is 42.4 cm³/mol. The lowest BCUT2D eigenvalue weighted by Gasteiger charge is -2.34. The summed E-state index contributed by atoms with van der Waals surface area (Å²) in [6.07, 6.45) is -1.54. The molecule has 0 aromatic rings. The summed E-state index contributed by atoms with van der Waals surface area (Å²) in [7, 11) is 1.79. The summed E-state index contributed by atoms with van der Waals surface area (Å²) in [6.45, 7) is 0.863. The van der Waals surface area contributed by atoms with Gasteiger partial charge in [-0.2, -0.15) is 0 Å². The molecule has 68 valence electrons. The molecule has 0 amide bonds. The smallest absolute Gasteiger partial charge is 0.0917 e. The number of likely N-dealkylation sites (N-methyl/N-ethyl adjacent to an activating group) is 1. The van der Waals surface area contributed by atoms with Gasteiger partial charge in [0.1, 0.15) is 0 Å². The third-order valence-corrected chi connectivity index (χ3v) is 1.97. The van der Waals surface area contributed by atoms with Crippen LogP contribution in [0.4, 0.5) is 0 Å². The quantitative estimate of drug-likeness (QED) is 0.312. The first kappa shape index (κ1) is 9.28. The number of likely N-dealkylation sites (tertiary alicyclic amines) is 1. The molecule has 0 aromatic carbocycles. The molecular weight excluding hydrogens is 160 g/mol. The number of nitrogens with zero attached hydrogens (tertiary/aromatic N) is 4. The van der Waals surface area contributed by atoms with Gasteiger partial charge in [0.15, 0.2) is 0 Å². The topological polar surface area (TPSA) is 92.5 Å². The molecule has 6 heteroatoms. The van der Waals surface area contributed by atoms with Crippen molar-refractivity contribution in [2.24, 2.45) is 5.11 Å². The highest BCUT2D eigenvalue weighted by atomic mass is 16.3. The van der Waals surface area contributed by atoms with Crippen LogP contribution in [0.1, 0.15) is 0 Å². The summed E-state index contributed by atoms with van der Waals surface area (Å²) in [5.41, 5.74) is 8.14. The molecule has 1 fully saturated rings. The average Bonchev–Trinajstić information content (AvgIpc) is 1.96. The standard InChI is InChI=1S/C6H12N4O2/c1-10-2-4(11)6(8-9-7)5(12)3-10/h4-6,11-12H,2-3H2,1H3/t4-,5+,6?. The van der Waals surface area contributed by atoms with Crippen LogP contribution in [0.25, 0.3) is 10.4 Å². The van der Waals surface area contributed by atoms with Gasteiger partial charge in [0.2, 0.25) is 0 Å². The zero-order valence-electron chi connectivity index (χ0n) is 6.83. The zero-order valence-corrected chi connectivity index (χ0v) is 6.83. The Morgan fingerprint density at radius 3 is 2.33 bits per heavy atom. The molecule has 1 heterocycles. The molecule has 1 unspecified atom stereocenters. The number of hydrogen-bond acceptors (Lipinski definition) is 4. The third kappa shape index (κ3) is 1.86. The van der Waals surface area contributed by atoms with E-state index in [1.165, 1.54) is 0 Å². The Hall–Kier alpha value is -0.810. The molecule has 0 bridgehead atoms. The fourth-order valence-corrected chi connectivity index (χ4v) is 1.40. The van der Waals surface area contributed by atoms with Crippen molar-refractivity contribution in [3.8, 4) is 0 Å². The van der Waals surface area contributed by atoms with E-state index in [9.17, 15) is 10.2 Å². The van der Waals surface area contributed by atoms with Crippen molar-refractivity contribution in [2.45, 2.75) is 18.2 Å². The molecule has 12 heavy (non-hydrogen) atoms. The normalized spacial score (nSPS) is 37.4. The maximum Gasteiger partial charge on any atom is 0.0917 e. The average molecular weight is 172 g/mol. The van der Waals surface area contributed by atoms with Crippen molar-refractivity contribution in [1.82, 2.24) is 4.90 Å². The van der Waals surface area contributed by atoms with E-state index in [-0.39, 0.29) is 0 Å². The Morgan fingerprint density at radius 2 is 1.92 bits per heavy atom. The molecule has 1 saturated heterocycles. The van der Waals surface area contributed by atoms with Crippen molar-refractivity contribution in [3.63, 3.8) is 0 Å². The Labute approximate surface area is 70.0 Å². The SMILES string of the molecule is CN1C[C@@H](O)C(N=[N+]=[N-])[C@@H](O)C1. The second kappa shape index (κ2) is 3.73. The lowest BCUT2D eigenvalue weighted by Crippen LogP contribution is -2.52. The van der Waals surface area contributed by atoms with Gasteiger partial charge in [-0.25, -0.2) is 0 Å². The predicted octanol–water partition coefficient (Wildman–Crippen LogP) is -0.668. The highest BCUT2D eigenvalue weighted by molar-refractivity contribution is 4.90. The van der Waals surface area contributed by atoms with Gasteiger partial charge in [-0.3, -0.25) is 0 Å². The van der Waals surface area contributed by atoms with E-state index in [0.717, 1.165) is 0 Å². The molecule has 0 aromatic heterocycles. The minimum Gasteiger partial charge on any atom is -0.391 e. The first-order valence-electron chi connectivity index (χ1n) is 3.74. The maximum absolute atomic E-state index is 9.37. The van der Waals surface area contributed by atoms with Crippen molar-refractivity contribution < 1.29 is 10.2 Å². The molecule has 0 aliphatic carbocycles. The minimum atomic E-state index is -0.769. The van der Waals surface area contributed by atoms with Gasteiger partial charge < -0.3 is 15.1 Å². The second-order valence-electron chi connectivity index (χ2n) is 3.05. The highest BCUT2D eigenvalue weighted by Crippen LogP contribution is 2.13. The summed E-state index contributed by atoms with van der Waals surface area (Å²) < 4.78 is 0. The molecule has 6 nitrogen and oxygen atoms in total. The number of aliphatic hydroxyl groups is 2. The summed E-state index contributed by atoms with van der Waals surface area (Å²) in [6, 6.07) is -0.703. The molecule has 3 atom stereocenters. The number of hydrogen-bond donors (Lipinski definition) is 2. The fraction of sp³-hybridized carbons (Fsp3) is 1.00. The van der Waals surface area contributed by atoms with Crippen LogP contribution < -0.4 is 0 Å². The van der Waals surface area contributed by atoms with E-state index < -0.39 is 18.2 Å². The van der Waals surface area contributed by atoms with E-state index in [0.29, 0.717) is 13.1 Å². The van der Waals surface area contributed by atoms with E-state index in [1.54, 1.807) is 11.9 Å². The minimum absolute atomic E-state index is 0.431. The molecule has 0 radical (unpaired) electrons. The molecule has 0 saturated carbocycles. The number of piperidine rings is 1. The van der Waals surface area contributed by atoms with Crippen LogP contribution >= 0.6 is 0 Å². The van der Waals surface area contributed by atoms with Gasteiger partial charge in [-0.1, -0.05) is 5.11 Å². The van der Waals surface area contributed by atoms with Crippen LogP contribution in [0.2, 0.25) is 0 Å². The van der Waals surface area contributed by atoms with Crippen LogP contribution in [0, 0.1) is 0 Å². The van der Waals surface area contributed by atoms with E-state index in [4.69, 9.17) is 5.53 Å². The van der Waals surface area contributed by atoms with E-state index >= 15 is 0 Å². The summed E-state index contributed by atoms with van der Waals surface area (Å²) in [4.78, 5) is 4.36. The van der Waals surface area contributed by atoms with Gasteiger partial charge in [0.05, 0.1) is 18.2 Å². The van der Waals surface area contributed by atoms with Crippen LogP contribution in [0.3, 0.4) is 0 Å². The van der Waals surface area contributed by atoms with Gasteiger partial charge in [-0.15, -0.1) is 0 Å². The maximum atomic E-state index is 9.37. The number of azide groups is 1. The third-order valence-electron chi connectivity index (χ3n) is 1.97. The number of aliphatic hydroxyl groups excluding tert-OH is 2.